The maximum atomic E-state index is 13.1. The van der Waals surface area contributed by atoms with Gasteiger partial charge in [-0.25, -0.2) is 0 Å². The van der Waals surface area contributed by atoms with Gasteiger partial charge in [-0.15, -0.1) is 10.2 Å². The van der Waals surface area contributed by atoms with Crippen molar-refractivity contribution >= 4 is 22.4 Å². The molecule has 4 aromatic rings. The van der Waals surface area contributed by atoms with Crippen molar-refractivity contribution in [2.75, 3.05) is 0 Å². The Hall–Kier alpha value is -3.56. The first kappa shape index (κ1) is 19.7. The Labute approximate surface area is 171 Å². The molecule has 0 saturated heterocycles. The number of aryl methyl sites for hydroxylation is 2. The van der Waals surface area contributed by atoms with Crippen LogP contribution in [0.2, 0.25) is 0 Å². The number of nitrogens with zero attached hydrogens (tertiary/aromatic N) is 7. The van der Waals surface area contributed by atoms with Gasteiger partial charge in [-0.1, -0.05) is 31.9 Å². The number of rotatable bonds is 7. The molecule has 156 valence electrons. The van der Waals surface area contributed by atoms with Gasteiger partial charge in [0.25, 0.3) is 5.56 Å². The number of hydrogen-bond acceptors (Lipinski definition) is 6. The van der Waals surface area contributed by atoms with E-state index in [0.29, 0.717) is 40.4 Å². The molecule has 1 aromatic carbocycles. The highest BCUT2D eigenvalue weighted by atomic mass is 16.6. The molecule has 0 radical (unpaired) electrons. The fourth-order valence-corrected chi connectivity index (χ4v) is 3.88. The first-order valence-electron chi connectivity index (χ1n) is 9.98. The average Bonchev–Trinajstić information content (AvgIpc) is 3.25. The predicted molar refractivity (Wildman–Crippen MR) is 112 cm³/mol. The molecule has 0 aliphatic rings. The highest BCUT2D eigenvalue weighted by molar-refractivity contribution is 5.80. The highest BCUT2D eigenvalue weighted by Crippen LogP contribution is 2.23. The zero-order chi connectivity index (χ0) is 21.4. The van der Waals surface area contributed by atoms with Gasteiger partial charge >= 0.3 is 5.69 Å². The van der Waals surface area contributed by atoms with Gasteiger partial charge in [0.1, 0.15) is 17.9 Å². The van der Waals surface area contributed by atoms with Crippen LogP contribution >= 0.6 is 0 Å². The van der Waals surface area contributed by atoms with E-state index in [1.807, 2.05) is 22.6 Å². The van der Waals surface area contributed by atoms with Gasteiger partial charge in [0.2, 0.25) is 5.78 Å². The first-order chi connectivity index (χ1) is 14.4. The predicted octanol–water partition coefficient (Wildman–Crippen LogP) is 3.00. The molecule has 10 heteroatoms. The number of unbranched alkanes of at least 4 members (excludes halogenated alkanes) is 2. The van der Waals surface area contributed by atoms with Crippen LogP contribution in [0.4, 0.5) is 5.69 Å². The fraction of sp³-hybridized carbons (Fsp3) is 0.400. The van der Waals surface area contributed by atoms with E-state index >= 15 is 0 Å². The van der Waals surface area contributed by atoms with E-state index in [1.165, 1.54) is 0 Å². The van der Waals surface area contributed by atoms with E-state index in [4.69, 9.17) is 0 Å². The van der Waals surface area contributed by atoms with Crippen LogP contribution in [0, 0.1) is 24.0 Å². The summed E-state index contributed by atoms with van der Waals surface area (Å²) in [6.07, 6.45) is 2.94. The Kier molecular flexibility index (Phi) is 5.06. The second-order valence-corrected chi connectivity index (χ2v) is 7.37. The molecule has 0 N–H and O–H groups in total. The van der Waals surface area contributed by atoms with Gasteiger partial charge < -0.3 is 0 Å². The van der Waals surface area contributed by atoms with Gasteiger partial charge in [-0.3, -0.25) is 28.6 Å². The third-order valence-corrected chi connectivity index (χ3v) is 5.38. The summed E-state index contributed by atoms with van der Waals surface area (Å²) in [5, 5.41) is 24.9. The molecular weight excluding hydrogens is 386 g/mol. The van der Waals surface area contributed by atoms with Crippen molar-refractivity contribution in [1.82, 2.24) is 28.9 Å². The lowest BCUT2D eigenvalue weighted by molar-refractivity contribution is -0.386. The summed E-state index contributed by atoms with van der Waals surface area (Å²) < 4.78 is 5.08. The largest absolute Gasteiger partial charge is 0.312 e. The second-order valence-electron chi connectivity index (χ2n) is 7.37. The minimum Gasteiger partial charge on any atom is -0.276 e. The second kappa shape index (κ2) is 7.69. The van der Waals surface area contributed by atoms with Crippen LogP contribution in [-0.2, 0) is 13.1 Å². The maximum Gasteiger partial charge on any atom is 0.312 e. The van der Waals surface area contributed by atoms with Crippen molar-refractivity contribution in [3.8, 4) is 0 Å². The van der Waals surface area contributed by atoms with Crippen molar-refractivity contribution in [2.45, 2.75) is 53.1 Å². The van der Waals surface area contributed by atoms with Crippen molar-refractivity contribution in [3.63, 3.8) is 0 Å². The molecule has 0 aliphatic heterocycles. The Bertz CT molecular complexity index is 1320. The van der Waals surface area contributed by atoms with E-state index in [2.05, 4.69) is 22.2 Å². The smallest absolute Gasteiger partial charge is 0.276 e. The molecule has 0 unspecified atom stereocenters. The van der Waals surface area contributed by atoms with Gasteiger partial charge in [-0.05, 0) is 32.4 Å². The molecule has 0 aliphatic carbocycles. The van der Waals surface area contributed by atoms with Crippen LogP contribution in [0.3, 0.4) is 0 Å². The number of fused-ring (bicyclic) bond motifs is 3. The van der Waals surface area contributed by atoms with Crippen LogP contribution in [0.5, 0.6) is 0 Å². The summed E-state index contributed by atoms with van der Waals surface area (Å²) in [4.78, 5) is 24.0. The Balaban J connectivity index is 1.90. The molecule has 30 heavy (non-hydrogen) atoms. The van der Waals surface area contributed by atoms with Gasteiger partial charge in [0.15, 0.2) is 5.82 Å². The summed E-state index contributed by atoms with van der Waals surface area (Å²) in [6, 6.07) is 7.35. The third-order valence-electron chi connectivity index (χ3n) is 5.38. The third kappa shape index (κ3) is 3.14. The minimum absolute atomic E-state index is 0.00477. The normalized spacial score (nSPS) is 11.6. The van der Waals surface area contributed by atoms with E-state index in [9.17, 15) is 14.9 Å². The lowest BCUT2D eigenvalue weighted by Crippen LogP contribution is -2.24. The molecular formula is C20H23N7O3. The molecule has 3 aromatic heterocycles. The Morgan fingerprint density at radius 3 is 2.60 bits per heavy atom. The molecule has 0 atom stereocenters. The number of benzene rings is 1. The number of hydrogen-bond donors (Lipinski definition) is 0. The summed E-state index contributed by atoms with van der Waals surface area (Å²) in [5.41, 5.74) is 1.43. The van der Waals surface area contributed by atoms with Crippen LogP contribution in [-0.4, -0.2) is 33.9 Å². The van der Waals surface area contributed by atoms with Crippen molar-refractivity contribution < 1.29 is 4.92 Å². The van der Waals surface area contributed by atoms with Crippen LogP contribution in [0.1, 0.15) is 43.4 Å². The molecule has 10 nitrogen and oxygen atoms in total. The number of nitro groups is 1. The lowest BCUT2D eigenvalue weighted by Gasteiger charge is -2.11. The molecule has 0 bridgehead atoms. The molecule has 0 saturated carbocycles. The number of para-hydroxylation sites is 1. The van der Waals surface area contributed by atoms with E-state index in [0.717, 1.165) is 19.3 Å². The van der Waals surface area contributed by atoms with Crippen LogP contribution < -0.4 is 5.56 Å². The minimum atomic E-state index is -0.420. The van der Waals surface area contributed by atoms with Gasteiger partial charge in [0, 0.05) is 6.54 Å². The van der Waals surface area contributed by atoms with Crippen molar-refractivity contribution in [2.24, 2.45) is 0 Å². The summed E-state index contributed by atoms with van der Waals surface area (Å²) >= 11 is 0. The van der Waals surface area contributed by atoms with E-state index in [1.54, 1.807) is 29.2 Å². The zero-order valence-electron chi connectivity index (χ0n) is 17.2. The first-order valence-corrected chi connectivity index (χ1v) is 9.98. The van der Waals surface area contributed by atoms with Crippen LogP contribution in [0.15, 0.2) is 29.1 Å². The Morgan fingerprint density at radius 1 is 1.13 bits per heavy atom. The summed E-state index contributed by atoms with van der Waals surface area (Å²) in [6.45, 7) is 6.16. The fourth-order valence-electron chi connectivity index (χ4n) is 3.88. The lowest BCUT2D eigenvalue weighted by atomic mass is 10.2. The molecule has 4 rings (SSSR count). The number of aromatic nitrogens is 6. The van der Waals surface area contributed by atoms with Crippen molar-refractivity contribution in [1.29, 1.82) is 0 Å². The van der Waals surface area contributed by atoms with Crippen LogP contribution in [0.25, 0.3) is 16.7 Å². The standard InChI is InChI=1S/C20H23N7O3/c1-4-5-8-11-24-19(28)15-9-6-7-10-16(15)26-17(21-22-20(24)26)12-25-14(3)18(27(29)30)13(2)23-25/h6-7,9-10H,4-5,8,11-12H2,1-3H3. The monoisotopic (exact) mass is 409 g/mol. The average molecular weight is 409 g/mol. The van der Waals surface area contributed by atoms with E-state index < -0.39 is 4.92 Å². The quantitative estimate of drug-likeness (QED) is 0.263. The SMILES string of the molecule is CCCCCn1c(=O)c2ccccc2n2c(Cn3nc(C)c([N+](=O)[O-])c3C)nnc12. The maximum absolute atomic E-state index is 13.1. The van der Waals surface area contributed by atoms with Gasteiger partial charge in [0.05, 0.1) is 15.8 Å². The van der Waals surface area contributed by atoms with Gasteiger partial charge in [-0.2, -0.15) is 5.10 Å². The molecule has 0 fully saturated rings. The topological polar surface area (TPSA) is 113 Å². The summed E-state index contributed by atoms with van der Waals surface area (Å²) in [5.74, 6) is 1.03. The molecule has 0 spiro atoms. The molecule has 3 heterocycles. The highest BCUT2D eigenvalue weighted by Gasteiger charge is 2.23. The summed E-state index contributed by atoms with van der Waals surface area (Å²) in [7, 11) is 0. The zero-order valence-corrected chi connectivity index (χ0v) is 17.2. The molecule has 0 amide bonds. The van der Waals surface area contributed by atoms with E-state index in [-0.39, 0.29) is 17.8 Å². The van der Waals surface area contributed by atoms with Crippen molar-refractivity contribution in [3.05, 3.63) is 61.9 Å². The Morgan fingerprint density at radius 2 is 1.90 bits per heavy atom.